The number of nitriles is 1. The van der Waals surface area contributed by atoms with Gasteiger partial charge in [-0.3, -0.25) is 9.80 Å². The van der Waals surface area contributed by atoms with Crippen LogP contribution >= 0.6 is 11.3 Å². The van der Waals surface area contributed by atoms with Crippen molar-refractivity contribution in [2.75, 3.05) is 55.7 Å². The van der Waals surface area contributed by atoms with Crippen LogP contribution in [0, 0.1) is 24.2 Å². The molecule has 286 valence electrons. The van der Waals surface area contributed by atoms with Crippen LogP contribution in [-0.4, -0.2) is 129 Å². The van der Waals surface area contributed by atoms with Crippen molar-refractivity contribution in [3.8, 4) is 6.07 Å². The van der Waals surface area contributed by atoms with Gasteiger partial charge in [-0.15, -0.1) is 11.3 Å². The van der Waals surface area contributed by atoms with E-state index in [0.717, 1.165) is 73.1 Å². The largest absolute Gasteiger partial charge is 0.393 e. The molecular formula is C36H43B3F3N9O2S2. The summed E-state index contributed by atoms with van der Waals surface area (Å²) in [6, 6.07) is 10.2. The average Bonchev–Trinajstić information content (AvgIpc) is 3.70. The number of nitrogens with zero attached hydrogens (tertiary/aromatic N) is 7. The molecule has 11 nitrogen and oxygen atoms in total. The molecule has 2 N–H and O–H groups in total. The van der Waals surface area contributed by atoms with Crippen molar-refractivity contribution in [3.63, 3.8) is 0 Å². The summed E-state index contributed by atoms with van der Waals surface area (Å²) >= 11 is 0.938. The number of hydrogen-bond acceptors (Lipinski definition) is 10. The molecule has 5 heterocycles. The van der Waals surface area contributed by atoms with E-state index in [4.69, 9.17) is 23.5 Å². The Morgan fingerprint density at radius 2 is 1.73 bits per heavy atom. The van der Waals surface area contributed by atoms with E-state index >= 15 is 0 Å². The number of likely N-dealkylation sites (tertiary alicyclic amines) is 1. The summed E-state index contributed by atoms with van der Waals surface area (Å²) in [5.41, 5.74) is 3.91. The zero-order chi connectivity index (χ0) is 39.3. The summed E-state index contributed by atoms with van der Waals surface area (Å²) in [6.45, 7) is 9.48. The number of anilines is 2. The van der Waals surface area contributed by atoms with Gasteiger partial charge in [-0.25, -0.2) is 13.4 Å². The lowest BCUT2D eigenvalue weighted by atomic mass is 9.49. The quantitative estimate of drug-likeness (QED) is 0.192. The molecule has 1 saturated carbocycles. The number of aryl methyl sites for hydroxylation is 1. The Morgan fingerprint density at radius 3 is 2.36 bits per heavy atom. The fourth-order valence-electron chi connectivity index (χ4n) is 7.76. The lowest BCUT2D eigenvalue weighted by molar-refractivity contribution is -0.126. The molecule has 1 aliphatic carbocycles. The minimum Gasteiger partial charge on any atom is -0.374 e. The highest BCUT2D eigenvalue weighted by Gasteiger charge is 2.35. The van der Waals surface area contributed by atoms with Gasteiger partial charge in [0, 0.05) is 80.2 Å². The van der Waals surface area contributed by atoms with Gasteiger partial charge in [-0.1, -0.05) is 11.3 Å². The maximum atomic E-state index is 13.2. The van der Waals surface area contributed by atoms with Crippen LogP contribution in [-0.2, 0) is 29.5 Å². The third kappa shape index (κ3) is 9.64. The van der Waals surface area contributed by atoms with E-state index in [1.165, 1.54) is 11.6 Å². The van der Waals surface area contributed by atoms with Crippen molar-refractivity contribution in [3.05, 3.63) is 46.0 Å². The van der Waals surface area contributed by atoms with Crippen molar-refractivity contribution in [2.24, 2.45) is 5.92 Å². The van der Waals surface area contributed by atoms with Gasteiger partial charge < -0.3 is 15.2 Å². The van der Waals surface area contributed by atoms with E-state index < -0.39 is 27.9 Å². The first-order valence-electron chi connectivity index (χ1n) is 18.7. The predicted octanol–water partition coefficient (Wildman–Crippen LogP) is 4.28. The zero-order valence-electron chi connectivity index (χ0n) is 31.1. The number of rotatable bonds is 13. The number of sulfonamides is 1. The first-order chi connectivity index (χ1) is 25.9. The standard InChI is InChI=1S/C36H43B3F3N9O2S2/c1-22(49-11-13-50(14-12-49)55(52,53)21-24-3-4-24)19-51-27(18-43)15-29-23(2)25(5-6-31(29)51)20-48-9-7-26(8-10-48)44-32-30-16-28(17-35(40,41)42)54-33(30)46-34(45-32)47-36(37,38)39/h5-6,15-16,22,24,26H,3-4,7-14,17,19-21H2,1-2H3,(H2,44,45,46,47)/t22-/m0/s1. The average molecular weight is 787 g/mol. The Balaban J connectivity index is 0.986. The van der Waals surface area contributed by atoms with Crippen LogP contribution in [0.5, 0.6) is 0 Å². The van der Waals surface area contributed by atoms with E-state index in [1.54, 1.807) is 4.31 Å². The minimum atomic E-state index is -4.36. The van der Waals surface area contributed by atoms with Gasteiger partial charge in [-0.2, -0.15) is 27.7 Å². The second-order valence-electron chi connectivity index (χ2n) is 15.4. The molecule has 2 saturated heterocycles. The number of piperidine rings is 1. The molecule has 0 bridgehead atoms. The molecule has 2 aliphatic heterocycles. The van der Waals surface area contributed by atoms with Crippen molar-refractivity contribution in [1.82, 2.24) is 28.6 Å². The van der Waals surface area contributed by atoms with Crippen LogP contribution in [0.15, 0.2) is 24.3 Å². The van der Waals surface area contributed by atoms with Gasteiger partial charge in [-0.05, 0) is 74.8 Å². The second-order valence-corrected chi connectivity index (χ2v) is 18.5. The van der Waals surface area contributed by atoms with E-state index in [2.05, 4.69) is 67.0 Å². The third-order valence-corrected chi connectivity index (χ3v) is 14.0. The van der Waals surface area contributed by atoms with E-state index in [9.17, 15) is 26.9 Å². The van der Waals surface area contributed by atoms with Crippen molar-refractivity contribution >= 4 is 77.8 Å². The summed E-state index contributed by atoms with van der Waals surface area (Å²) in [4.78, 5) is 14.0. The number of benzene rings is 1. The van der Waals surface area contributed by atoms with Crippen molar-refractivity contribution in [1.29, 1.82) is 5.26 Å². The van der Waals surface area contributed by atoms with Crippen LogP contribution in [0.4, 0.5) is 24.9 Å². The summed E-state index contributed by atoms with van der Waals surface area (Å²) in [5.74, 6) is 1.01. The van der Waals surface area contributed by atoms with Crippen LogP contribution in [0.3, 0.4) is 0 Å². The molecule has 0 unspecified atom stereocenters. The molecule has 0 amide bonds. The predicted molar refractivity (Wildman–Crippen MR) is 213 cm³/mol. The molecule has 6 radical (unpaired) electrons. The maximum Gasteiger partial charge on any atom is 0.393 e. The molecule has 0 spiro atoms. The molecule has 55 heavy (non-hydrogen) atoms. The summed E-state index contributed by atoms with van der Waals surface area (Å²) < 4.78 is 69.0. The van der Waals surface area contributed by atoms with Crippen LogP contribution in [0.1, 0.15) is 54.3 Å². The zero-order valence-corrected chi connectivity index (χ0v) is 32.7. The van der Waals surface area contributed by atoms with Gasteiger partial charge in [0.25, 0.3) is 0 Å². The summed E-state index contributed by atoms with van der Waals surface area (Å²) in [5, 5.41) is 15.9. The Morgan fingerprint density at radius 1 is 1.02 bits per heavy atom. The number of nitrogens with one attached hydrogen (secondary N) is 2. The number of alkyl halides is 3. The number of thiophene rings is 1. The molecule has 4 aromatic rings. The van der Waals surface area contributed by atoms with Crippen molar-refractivity contribution in [2.45, 2.75) is 82.5 Å². The number of hydrogen-bond donors (Lipinski definition) is 2. The molecule has 3 aliphatic rings. The van der Waals surface area contributed by atoms with E-state index in [-0.39, 0.29) is 28.7 Å². The first kappa shape index (κ1) is 39.9. The van der Waals surface area contributed by atoms with E-state index in [0.29, 0.717) is 60.4 Å². The monoisotopic (exact) mass is 787 g/mol. The topological polar surface area (TPSA) is 122 Å². The summed E-state index contributed by atoms with van der Waals surface area (Å²) in [7, 11) is 13.9. The molecule has 1 atom stereocenters. The minimum absolute atomic E-state index is 0.0134. The Labute approximate surface area is 328 Å². The van der Waals surface area contributed by atoms with Gasteiger partial charge >= 0.3 is 6.18 Å². The smallest absolute Gasteiger partial charge is 0.374 e. The molecule has 3 aromatic heterocycles. The van der Waals surface area contributed by atoms with Crippen LogP contribution in [0.2, 0.25) is 0 Å². The maximum absolute atomic E-state index is 13.2. The van der Waals surface area contributed by atoms with Crippen LogP contribution < -0.4 is 10.6 Å². The Hall–Kier alpha value is -3.30. The second kappa shape index (κ2) is 15.6. The Bertz CT molecular complexity index is 2180. The van der Waals surface area contributed by atoms with Gasteiger partial charge in [0.15, 0.2) is 0 Å². The molecule has 19 heteroatoms. The summed E-state index contributed by atoms with van der Waals surface area (Å²) in [6.07, 6.45) is -1.85. The number of aromatic nitrogens is 3. The van der Waals surface area contributed by atoms with Gasteiger partial charge in [0.05, 0.1) is 41.1 Å². The van der Waals surface area contributed by atoms with Gasteiger partial charge in [0.2, 0.25) is 16.0 Å². The number of halogens is 3. The number of fused-ring (bicyclic) bond motifs is 2. The highest BCUT2D eigenvalue weighted by atomic mass is 32.2. The lowest BCUT2D eigenvalue weighted by Gasteiger charge is -2.37. The molecule has 1 aromatic carbocycles. The molecule has 3 fully saturated rings. The highest BCUT2D eigenvalue weighted by Crippen LogP contribution is 2.35. The molecular weight excluding hydrogens is 744 g/mol. The van der Waals surface area contributed by atoms with E-state index in [1.807, 2.05) is 6.07 Å². The lowest BCUT2D eigenvalue weighted by Crippen LogP contribution is -2.52. The third-order valence-electron chi connectivity index (χ3n) is 10.9. The SMILES string of the molecule is [B]C([B])([B])Nc1nc(NC2CCN(Cc3ccc4c(cc(C#N)n4C[C@H](C)N4CCN(S(=O)(=O)CC5CC5)CC4)c3C)CC2)c2cc(CC(F)(F)F)sc2n1. The Kier molecular flexibility index (Phi) is 11.3. The number of piperazine rings is 1. The molecule has 7 rings (SSSR count). The fourth-order valence-corrected chi connectivity index (χ4v) is 10.7. The van der Waals surface area contributed by atoms with Gasteiger partial charge in [0.1, 0.15) is 22.4 Å². The first-order valence-corrected chi connectivity index (χ1v) is 21.1. The highest BCUT2D eigenvalue weighted by molar-refractivity contribution is 7.89. The normalized spacial score (nSPS) is 19.2. The van der Waals surface area contributed by atoms with Crippen LogP contribution in [0.25, 0.3) is 21.1 Å². The van der Waals surface area contributed by atoms with Crippen molar-refractivity contribution < 1.29 is 21.6 Å². The fraction of sp³-hybridized carbons (Fsp3) is 0.583.